The lowest BCUT2D eigenvalue weighted by molar-refractivity contribution is -0.119. The number of anilines is 2. The van der Waals surface area contributed by atoms with E-state index in [-0.39, 0.29) is 11.9 Å². The van der Waals surface area contributed by atoms with E-state index in [1.165, 1.54) is 23.2 Å². The highest BCUT2D eigenvalue weighted by atomic mass is 32.1. The van der Waals surface area contributed by atoms with Crippen molar-refractivity contribution in [1.82, 2.24) is 15.0 Å². The van der Waals surface area contributed by atoms with Crippen molar-refractivity contribution in [1.29, 1.82) is 0 Å². The van der Waals surface area contributed by atoms with Gasteiger partial charge in [-0.05, 0) is 29.2 Å². The van der Waals surface area contributed by atoms with E-state index in [9.17, 15) is 4.79 Å². The van der Waals surface area contributed by atoms with Gasteiger partial charge in [-0.1, -0.05) is 42.5 Å². The van der Waals surface area contributed by atoms with Gasteiger partial charge in [0.1, 0.15) is 18.2 Å². The van der Waals surface area contributed by atoms with Crippen LogP contribution in [0.5, 0.6) is 0 Å². The van der Waals surface area contributed by atoms with Gasteiger partial charge >= 0.3 is 0 Å². The number of rotatable bonds is 6. The Bertz CT molecular complexity index is 1200. The molecule has 0 radical (unpaired) electrons. The lowest BCUT2D eigenvalue weighted by atomic mass is 10.0. The number of likely N-dealkylation sites (N-methyl/N-ethyl adjacent to an activating group) is 1. The van der Waals surface area contributed by atoms with Gasteiger partial charge in [0, 0.05) is 49.0 Å². The molecule has 7 heteroatoms. The molecule has 2 aromatic heterocycles. The molecule has 4 aromatic rings. The van der Waals surface area contributed by atoms with Crippen molar-refractivity contribution in [2.45, 2.75) is 18.9 Å². The average Bonchev–Trinajstić information content (AvgIpc) is 3.53. The molecule has 0 fully saturated rings. The molecule has 0 bridgehead atoms. The number of nitrogens with zero attached hydrogens (tertiary/aromatic N) is 5. The van der Waals surface area contributed by atoms with Gasteiger partial charge < -0.3 is 9.80 Å². The fourth-order valence-electron chi connectivity index (χ4n) is 4.18. The zero-order chi connectivity index (χ0) is 21.9. The summed E-state index contributed by atoms with van der Waals surface area (Å²) in [6.07, 6.45) is 6.58. The molecule has 0 spiro atoms. The second-order valence-corrected chi connectivity index (χ2v) is 8.59. The van der Waals surface area contributed by atoms with Crippen molar-refractivity contribution in [3.05, 3.63) is 89.3 Å². The van der Waals surface area contributed by atoms with Gasteiger partial charge in [-0.15, -0.1) is 11.3 Å². The molecule has 0 saturated carbocycles. The van der Waals surface area contributed by atoms with Crippen LogP contribution in [-0.2, 0) is 17.6 Å². The van der Waals surface area contributed by atoms with E-state index >= 15 is 0 Å². The summed E-state index contributed by atoms with van der Waals surface area (Å²) >= 11 is 1.53. The van der Waals surface area contributed by atoms with Crippen LogP contribution in [0.15, 0.2) is 78.1 Å². The van der Waals surface area contributed by atoms with E-state index < -0.39 is 0 Å². The molecule has 0 aliphatic carbocycles. The molecule has 0 saturated heterocycles. The van der Waals surface area contributed by atoms with Crippen LogP contribution in [0.2, 0.25) is 0 Å². The van der Waals surface area contributed by atoms with Gasteiger partial charge in [-0.25, -0.2) is 15.0 Å². The summed E-state index contributed by atoms with van der Waals surface area (Å²) in [7, 11) is 1.95. The molecule has 3 heterocycles. The zero-order valence-electron chi connectivity index (χ0n) is 17.8. The number of carbonyl (C=O) groups excluding carboxylic acids is 1. The third kappa shape index (κ3) is 3.99. The highest BCUT2D eigenvalue weighted by molar-refractivity contribution is 7.07. The number of benzene rings is 2. The van der Waals surface area contributed by atoms with Gasteiger partial charge in [0.05, 0.1) is 5.51 Å². The maximum atomic E-state index is 13.9. The molecule has 0 N–H and O–H groups in total. The first-order valence-electron chi connectivity index (χ1n) is 10.6. The van der Waals surface area contributed by atoms with Gasteiger partial charge in [-0.2, -0.15) is 0 Å². The van der Waals surface area contributed by atoms with E-state index in [0.29, 0.717) is 13.0 Å². The second-order valence-electron chi connectivity index (χ2n) is 7.87. The minimum Gasteiger partial charge on any atom is -0.347 e. The van der Waals surface area contributed by atoms with E-state index in [2.05, 4.69) is 45.3 Å². The zero-order valence-corrected chi connectivity index (χ0v) is 18.6. The Morgan fingerprint density at radius 1 is 1.12 bits per heavy atom. The standard InChI is InChI=1S/C25H23N5OS/c1-29(24-15-32-17-28-24)23(11-18-5-3-2-4-6-18)25(31)30-10-9-19-7-8-20(12-22(19)30)21-13-26-16-27-14-21/h2-8,12-17,23H,9-11H2,1H3/t23-/m0/s1. The Labute approximate surface area is 191 Å². The monoisotopic (exact) mass is 441 g/mol. The smallest absolute Gasteiger partial charge is 0.250 e. The summed E-state index contributed by atoms with van der Waals surface area (Å²) < 4.78 is 0. The first-order chi connectivity index (χ1) is 15.7. The molecule has 1 atom stereocenters. The molecule has 1 aliphatic rings. The predicted octanol–water partition coefficient (Wildman–Crippen LogP) is 4.24. The Hall–Kier alpha value is -3.58. The van der Waals surface area contributed by atoms with Gasteiger partial charge in [0.25, 0.3) is 0 Å². The van der Waals surface area contributed by atoms with Crippen LogP contribution in [0.1, 0.15) is 11.1 Å². The van der Waals surface area contributed by atoms with Crippen LogP contribution in [-0.4, -0.2) is 40.5 Å². The topological polar surface area (TPSA) is 62.2 Å². The summed E-state index contributed by atoms with van der Waals surface area (Å²) in [6.45, 7) is 0.680. The SMILES string of the molecule is CN(c1cscn1)[C@@H](Cc1ccccc1)C(=O)N1CCc2ccc(-c3cncnc3)cc21. The number of fused-ring (bicyclic) bond motifs is 1. The number of hydrogen-bond donors (Lipinski definition) is 0. The predicted molar refractivity (Wildman–Crippen MR) is 128 cm³/mol. The Balaban J connectivity index is 1.48. The summed E-state index contributed by atoms with van der Waals surface area (Å²) in [6, 6.07) is 16.1. The first kappa shape index (κ1) is 20.3. The van der Waals surface area contributed by atoms with Crippen LogP contribution in [0.4, 0.5) is 11.5 Å². The van der Waals surface area contributed by atoms with Crippen LogP contribution in [0.25, 0.3) is 11.1 Å². The average molecular weight is 442 g/mol. The van der Waals surface area contributed by atoms with Gasteiger partial charge in [0.2, 0.25) is 5.91 Å². The first-order valence-corrected chi connectivity index (χ1v) is 11.5. The molecule has 6 nitrogen and oxygen atoms in total. The van der Waals surface area contributed by atoms with Gasteiger partial charge in [0.15, 0.2) is 0 Å². The molecule has 0 unspecified atom stereocenters. The molecule has 160 valence electrons. The van der Waals surface area contributed by atoms with Crippen LogP contribution >= 0.6 is 11.3 Å². The van der Waals surface area contributed by atoms with Crippen LogP contribution < -0.4 is 9.80 Å². The number of amides is 1. The third-order valence-electron chi connectivity index (χ3n) is 5.95. The van der Waals surface area contributed by atoms with Crippen molar-refractivity contribution >= 4 is 28.7 Å². The van der Waals surface area contributed by atoms with Crippen molar-refractivity contribution in [3.63, 3.8) is 0 Å². The normalized spacial score (nSPS) is 13.6. The summed E-state index contributed by atoms with van der Waals surface area (Å²) in [5, 5.41) is 1.98. The maximum absolute atomic E-state index is 13.9. The van der Waals surface area contributed by atoms with E-state index in [1.807, 2.05) is 40.4 Å². The van der Waals surface area contributed by atoms with Gasteiger partial charge in [-0.3, -0.25) is 4.79 Å². The Morgan fingerprint density at radius 3 is 2.69 bits per heavy atom. The number of hydrogen-bond acceptors (Lipinski definition) is 6. The van der Waals surface area contributed by atoms with Crippen molar-refractivity contribution in [2.75, 3.05) is 23.4 Å². The van der Waals surface area contributed by atoms with Crippen LogP contribution in [0.3, 0.4) is 0 Å². The minimum absolute atomic E-state index is 0.0876. The van der Waals surface area contributed by atoms with E-state index in [4.69, 9.17) is 0 Å². The largest absolute Gasteiger partial charge is 0.347 e. The fourth-order valence-corrected chi connectivity index (χ4v) is 4.76. The van der Waals surface area contributed by atoms with Crippen LogP contribution in [0, 0.1) is 0 Å². The summed E-state index contributed by atoms with van der Waals surface area (Å²) in [4.78, 5) is 30.6. The lowest BCUT2D eigenvalue weighted by Gasteiger charge is -2.31. The molecule has 1 amide bonds. The summed E-state index contributed by atoms with van der Waals surface area (Å²) in [5.74, 6) is 0.906. The lowest BCUT2D eigenvalue weighted by Crippen LogP contribution is -2.48. The highest BCUT2D eigenvalue weighted by Gasteiger charge is 2.33. The molecular weight excluding hydrogens is 418 g/mol. The number of thiazole rings is 1. The summed E-state index contributed by atoms with van der Waals surface area (Å²) in [5.41, 5.74) is 7.04. The molecule has 32 heavy (non-hydrogen) atoms. The number of aromatic nitrogens is 3. The Kier molecular flexibility index (Phi) is 5.64. The number of carbonyl (C=O) groups is 1. The van der Waals surface area contributed by atoms with E-state index in [1.54, 1.807) is 17.9 Å². The minimum atomic E-state index is -0.353. The van der Waals surface area contributed by atoms with Crippen molar-refractivity contribution in [2.24, 2.45) is 0 Å². The molecule has 1 aliphatic heterocycles. The second kappa shape index (κ2) is 8.88. The highest BCUT2D eigenvalue weighted by Crippen LogP contribution is 2.34. The molecule has 5 rings (SSSR count). The fraction of sp³-hybridized carbons (Fsp3) is 0.200. The van der Waals surface area contributed by atoms with Crippen molar-refractivity contribution < 1.29 is 4.79 Å². The molecule has 2 aromatic carbocycles. The molecular formula is C25H23N5OS. The Morgan fingerprint density at radius 2 is 1.94 bits per heavy atom. The van der Waals surface area contributed by atoms with Crippen molar-refractivity contribution in [3.8, 4) is 11.1 Å². The maximum Gasteiger partial charge on any atom is 0.250 e. The van der Waals surface area contributed by atoms with E-state index in [0.717, 1.165) is 34.6 Å². The quantitative estimate of drug-likeness (QED) is 0.448. The third-order valence-corrected chi connectivity index (χ3v) is 6.52.